The fraction of sp³-hybridized carbons (Fsp3) is 1.00. The molecule has 1 rings (SSSR count). The fourth-order valence-corrected chi connectivity index (χ4v) is 2.25. The van der Waals surface area contributed by atoms with Gasteiger partial charge in [0.05, 0.1) is 11.4 Å². The van der Waals surface area contributed by atoms with Gasteiger partial charge in [0.25, 0.3) is 0 Å². The lowest BCUT2D eigenvalue weighted by Crippen LogP contribution is -2.41. The van der Waals surface area contributed by atoms with Crippen LogP contribution < -0.4 is 4.72 Å². The van der Waals surface area contributed by atoms with Crippen LogP contribution in [0.4, 0.5) is 0 Å². The molecule has 78 valence electrons. The van der Waals surface area contributed by atoms with Gasteiger partial charge in [-0.1, -0.05) is 12.8 Å². The van der Waals surface area contributed by atoms with Crippen LogP contribution in [-0.4, -0.2) is 31.4 Å². The lowest BCUT2D eigenvalue weighted by molar-refractivity contribution is 0.0532. The predicted octanol–water partition coefficient (Wildman–Crippen LogP) is 0.231. The van der Waals surface area contributed by atoms with Crippen molar-refractivity contribution in [2.24, 2.45) is 0 Å². The maximum Gasteiger partial charge on any atom is 0.211 e. The Hall–Kier alpha value is -0.130. The molecule has 0 amide bonds. The molecular formula is C8H17NO3S. The van der Waals surface area contributed by atoms with E-state index in [9.17, 15) is 13.5 Å². The summed E-state index contributed by atoms with van der Waals surface area (Å²) in [6.07, 6.45) is 3.40. The SMILES string of the molecule is CCS(=O)(=O)NCC1(O)CCCC1. The second-order valence-corrected chi connectivity index (χ2v) is 5.75. The normalized spacial score (nSPS) is 22.0. The first-order chi connectivity index (χ1) is 5.97. The molecule has 0 atom stereocenters. The van der Waals surface area contributed by atoms with Crippen molar-refractivity contribution >= 4 is 10.0 Å². The summed E-state index contributed by atoms with van der Waals surface area (Å²) < 4.78 is 24.6. The van der Waals surface area contributed by atoms with Crippen molar-refractivity contribution in [3.8, 4) is 0 Å². The molecule has 1 saturated carbocycles. The summed E-state index contributed by atoms with van der Waals surface area (Å²) in [5.41, 5.74) is -0.789. The molecule has 1 aliphatic carbocycles. The number of aliphatic hydroxyl groups is 1. The molecule has 13 heavy (non-hydrogen) atoms. The Kier molecular flexibility index (Phi) is 3.32. The molecule has 0 heterocycles. The van der Waals surface area contributed by atoms with E-state index in [1.165, 1.54) is 0 Å². The highest BCUT2D eigenvalue weighted by atomic mass is 32.2. The predicted molar refractivity (Wildman–Crippen MR) is 50.9 cm³/mol. The summed E-state index contributed by atoms with van der Waals surface area (Å²) in [5.74, 6) is 0.0725. The first-order valence-corrected chi connectivity index (χ1v) is 6.32. The molecule has 0 aromatic carbocycles. The zero-order valence-corrected chi connectivity index (χ0v) is 8.73. The Morgan fingerprint density at radius 1 is 1.38 bits per heavy atom. The quantitative estimate of drug-likeness (QED) is 0.693. The van der Waals surface area contributed by atoms with Crippen LogP contribution in [0.3, 0.4) is 0 Å². The molecule has 4 nitrogen and oxygen atoms in total. The summed E-state index contributed by atoms with van der Waals surface area (Å²) in [7, 11) is -3.16. The van der Waals surface area contributed by atoms with E-state index in [-0.39, 0.29) is 12.3 Å². The van der Waals surface area contributed by atoms with Crippen molar-refractivity contribution in [2.45, 2.75) is 38.2 Å². The lowest BCUT2D eigenvalue weighted by atomic mass is 10.0. The average molecular weight is 207 g/mol. The monoisotopic (exact) mass is 207 g/mol. The molecule has 0 aromatic heterocycles. The maximum atomic E-state index is 11.1. The van der Waals surface area contributed by atoms with Gasteiger partial charge in [0.15, 0.2) is 0 Å². The van der Waals surface area contributed by atoms with Crippen LogP contribution in [0.25, 0.3) is 0 Å². The van der Waals surface area contributed by atoms with Crippen LogP contribution in [0.1, 0.15) is 32.6 Å². The van der Waals surface area contributed by atoms with Crippen molar-refractivity contribution in [2.75, 3.05) is 12.3 Å². The smallest absolute Gasteiger partial charge is 0.211 e. The van der Waals surface area contributed by atoms with Gasteiger partial charge in [0.2, 0.25) is 10.0 Å². The maximum absolute atomic E-state index is 11.1. The van der Waals surface area contributed by atoms with Crippen molar-refractivity contribution < 1.29 is 13.5 Å². The average Bonchev–Trinajstić information content (AvgIpc) is 2.50. The second kappa shape index (κ2) is 3.94. The third-order valence-electron chi connectivity index (χ3n) is 2.54. The van der Waals surface area contributed by atoms with Crippen molar-refractivity contribution in [1.29, 1.82) is 0 Å². The first-order valence-electron chi connectivity index (χ1n) is 4.67. The lowest BCUT2D eigenvalue weighted by Gasteiger charge is -2.21. The zero-order valence-electron chi connectivity index (χ0n) is 7.91. The highest BCUT2D eigenvalue weighted by Gasteiger charge is 2.31. The highest BCUT2D eigenvalue weighted by Crippen LogP contribution is 2.28. The summed E-state index contributed by atoms with van der Waals surface area (Å²) >= 11 is 0. The molecule has 0 unspecified atom stereocenters. The van der Waals surface area contributed by atoms with Crippen LogP contribution in [0.15, 0.2) is 0 Å². The molecule has 1 aliphatic rings. The number of hydrogen-bond donors (Lipinski definition) is 2. The minimum absolute atomic E-state index is 0.0725. The van der Waals surface area contributed by atoms with E-state index in [0.29, 0.717) is 12.8 Å². The molecule has 5 heteroatoms. The van der Waals surface area contributed by atoms with Gasteiger partial charge >= 0.3 is 0 Å². The highest BCUT2D eigenvalue weighted by molar-refractivity contribution is 7.89. The van der Waals surface area contributed by atoms with Gasteiger partial charge in [-0.3, -0.25) is 0 Å². The van der Waals surface area contributed by atoms with Gasteiger partial charge in [0, 0.05) is 6.54 Å². The van der Waals surface area contributed by atoms with Gasteiger partial charge < -0.3 is 5.11 Å². The van der Waals surface area contributed by atoms with Crippen LogP contribution in [0.5, 0.6) is 0 Å². The zero-order chi connectivity index (χ0) is 9.95. The van der Waals surface area contributed by atoms with Gasteiger partial charge in [-0.25, -0.2) is 13.1 Å². The van der Waals surface area contributed by atoms with Crippen LogP contribution >= 0.6 is 0 Å². The molecule has 0 bridgehead atoms. The van der Waals surface area contributed by atoms with Gasteiger partial charge in [0.1, 0.15) is 0 Å². The van der Waals surface area contributed by atoms with E-state index in [1.54, 1.807) is 6.92 Å². The third-order valence-corrected chi connectivity index (χ3v) is 3.88. The Balaban J connectivity index is 2.42. The molecule has 0 radical (unpaired) electrons. The minimum Gasteiger partial charge on any atom is -0.389 e. The van der Waals surface area contributed by atoms with Gasteiger partial charge in [-0.2, -0.15) is 0 Å². The Bertz CT molecular complexity index is 255. The Morgan fingerprint density at radius 2 is 1.92 bits per heavy atom. The number of rotatable bonds is 4. The summed E-state index contributed by atoms with van der Waals surface area (Å²) in [5, 5.41) is 9.82. The number of nitrogens with one attached hydrogen (secondary N) is 1. The molecule has 0 aliphatic heterocycles. The van der Waals surface area contributed by atoms with E-state index in [4.69, 9.17) is 0 Å². The third kappa shape index (κ3) is 3.25. The van der Waals surface area contributed by atoms with Crippen molar-refractivity contribution in [3.05, 3.63) is 0 Å². The molecule has 0 saturated heterocycles. The minimum atomic E-state index is -3.16. The van der Waals surface area contributed by atoms with Crippen molar-refractivity contribution in [1.82, 2.24) is 4.72 Å². The number of sulfonamides is 1. The summed E-state index contributed by atoms with van der Waals surface area (Å²) in [6.45, 7) is 1.75. The van der Waals surface area contributed by atoms with Crippen molar-refractivity contribution in [3.63, 3.8) is 0 Å². The van der Waals surface area contributed by atoms with Gasteiger partial charge in [-0.15, -0.1) is 0 Å². The molecule has 0 spiro atoms. The van der Waals surface area contributed by atoms with Crippen LogP contribution in [0, 0.1) is 0 Å². The summed E-state index contributed by atoms with van der Waals surface area (Å²) in [6, 6.07) is 0. The first kappa shape index (κ1) is 10.9. The largest absolute Gasteiger partial charge is 0.389 e. The number of hydrogen-bond acceptors (Lipinski definition) is 3. The van der Waals surface area contributed by atoms with Crippen LogP contribution in [0.2, 0.25) is 0 Å². The summed E-state index contributed by atoms with van der Waals surface area (Å²) in [4.78, 5) is 0. The van der Waals surface area contributed by atoms with Gasteiger partial charge in [-0.05, 0) is 19.8 Å². The molecular weight excluding hydrogens is 190 g/mol. The Morgan fingerprint density at radius 3 is 2.38 bits per heavy atom. The molecule has 2 N–H and O–H groups in total. The molecule has 0 aromatic rings. The fourth-order valence-electron chi connectivity index (χ4n) is 1.56. The standard InChI is InChI=1S/C8H17NO3S/c1-2-13(11,12)9-7-8(10)5-3-4-6-8/h9-10H,2-7H2,1H3. The van der Waals surface area contributed by atoms with E-state index in [2.05, 4.69) is 4.72 Å². The Labute approximate surface area is 79.4 Å². The molecule has 1 fully saturated rings. The van der Waals surface area contributed by atoms with E-state index >= 15 is 0 Å². The van der Waals surface area contributed by atoms with E-state index < -0.39 is 15.6 Å². The van der Waals surface area contributed by atoms with Crippen LogP contribution in [-0.2, 0) is 10.0 Å². The van der Waals surface area contributed by atoms with E-state index in [1.807, 2.05) is 0 Å². The van der Waals surface area contributed by atoms with E-state index in [0.717, 1.165) is 12.8 Å². The second-order valence-electron chi connectivity index (χ2n) is 3.66. The topological polar surface area (TPSA) is 66.4 Å².